The van der Waals surface area contributed by atoms with Crippen molar-refractivity contribution in [1.82, 2.24) is 14.9 Å². The maximum absolute atomic E-state index is 10.6. The lowest BCUT2D eigenvalue weighted by atomic mass is 9.97. The number of aliphatic carboxylic acids is 1. The second-order valence-electron chi connectivity index (χ2n) is 7.30. The van der Waals surface area contributed by atoms with E-state index < -0.39 is 11.6 Å². The van der Waals surface area contributed by atoms with E-state index >= 15 is 0 Å². The van der Waals surface area contributed by atoms with Gasteiger partial charge in [-0.15, -0.1) is 0 Å². The Morgan fingerprint density at radius 2 is 2.07 bits per heavy atom. The number of hydrogen-bond acceptors (Lipinski definition) is 9. The molecule has 3 heterocycles. The Morgan fingerprint density at radius 1 is 1.28 bits per heavy atom. The number of nitrogens with zero attached hydrogens (tertiary/aromatic N) is 3. The predicted molar refractivity (Wildman–Crippen MR) is 104 cm³/mol. The molecule has 0 saturated carbocycles. The van der Waals surface area contributed by atoms with E-state index in [1.165, 1.54) is 0 Å². The maximum Gasteiger partial charge on any atom is 0.341 e. The molecule has 5 N–H and O–H groups in total. The van der Waals surface area contributed by atoms with Crippen LogP contribution in [0.1, 0.15) is 11.1 Å². The molecular formula is C19H23N5O5. The molecule has 1 aromatic heterocycles. The summed E-state index contributed by atoms with van der Waals surface area (Å²) in [5, 5.41) is 8.69. The molecule has 1 unspecified atom stereocenters. The molecule has 2 aromatic rings. The molecule has 0 radical (unpaired) electrons. The first-order valence-corrected chi connectivity index (χ1v) is 9.27. The number of carbonyl (C=O) groups is 1. The summed E-state index contributed by atoms with van der Waals surface area (Å²) in [6.07, 6.45) is 0.562. The molecule has 1 aromatic carbocycles. The van der Waals surface area contributed by atoms with Gasteiger partial charge in [-0.1, -0.05) is 12.1 Å². The van der Waals surface area contributed by atoms with Gasteiger partial charge >= 0.3 is 5.97 Å². The maximum atomic E-state index is 10.6. The van der Waals surface area contributed by atoms with E-state index in [9.17, 15) is 4.79 Å². The van der Waals surface area contributed by atoms with Gasteiger partial charge in [0.15, 0.2) is 12.2 Å². The predicted octanol–water partition coefficient (Wildman–Crippen LogP) is 0.311. The van der Waals surface area contributed by atoms with E-state index in [2.05, 4.69) is 14.9 Å². The molecule has 10 heteroatoms. The Morgan fingerprint density at radius 3 is 2.83 bits per heavy atom. The average molecular weight is 401 g/mol. The van der Waals surface area contributed by atoms with Crippen LogP contribution in [0.3, 0.4) is 0 Å². The summed E-state index contributed by atoms with van der Waals surface area (Å²) >= 11 is 0. The van der Waals surface area contributed by atoms with Gasteiger partial charge in [-0.25, -0.2) is 4.79 Å². The monoisotopic (exact) mass is 401 g/mol. The van der Waals surface area contributed by atoms with Crippen LogP contribution >= 0.6 is 0 Å². The molecular weight excluding hydrogens is 378 g/mol. The highest BCUT2D eigenvalue weighted by Gasteiger charge is 2.44. The van der Waals surface area contributed by atoms with Crippen molar-refractivity contribution in [3.8, 4) is 11.6 Å². The number of carboxylic acids is 1. The summed E-state index contributed by atoms with van der Waals surface area (Å²) in [6.45, 7) is 2.74. The van der Waals surface area contributed by atoms with Crippen LogP contribution in [0.5, 0.6) is 11.6 Å². The smallest absolute Gasteiger partial charge is 0.341 e. The average Bonchev–Trinajstić information content (AvgIpc) is 2.91. The number of benzene rings is 1. The van der Waals surface area contributed by atoms with Crippen molar-refractivity contribution in [3.63, 3.8) is 0 Å². The molecule has 1 spiro atoms. The SMILES string of the molecule is Nc1nc(N)c2c(n1)OC1(COCCN(Cc3ccc(OCC(=O)O)cc3)C1)C2. The molecule has 10 nitrogen and oxygen atoms in total. The van der Waals surface area contributed by atoms with Crippen molar-refractivity contribution in [2.45, 2.75) is 18.6 Å². The van der Waals surface area contributed by atoms with Gasteiger partial charge in [-0.05, 0) is 17.7 Å². The number of nitrogen functional groups attached to an aromatic ring is 2. The Bertz CT molecular complexity index is 907. The van der Waals surface area contributed by atoms with Crippen molar-refractivity contribution >= 4 is 17.7 Å². The fraction of sp³-hybridized carbons (Fsp3) is 0.421. The third-order valence-electron chi connectivity index (χ3n) is 4.95. The van der Waals surface area contributed by atoms with Crippen LogP contribution in [0, 0.1) is 0 Å². The Balaban J connectivity index is 1.44. The molecule has 1 atom stereocenters. The van der Waals surface area contributed by atoms with E-state index in [1.807, 2.05) is 12.1 Å². The number of rotatable bonds is 5. The number of carboxylic acid groups (broad SMARTS) is 1. The highest BCUT2D eigenvalue weighted by atomic mass is 16.6. The van der Waals surface area contributed by atoms with Crippen LogP contribution in [0.15, 0.2) is 24.3 Å². The largest absolute Gasteiger partial charge is 0.482 e. The number of nitrogens with two attached hydrogens (primary N) is 2. The summed E-state index contributed by atoms with van der Waals surface area (Å²) in [4.78, 5) is 21.1. The van der Waals surface area contributed by atoms with Crippen molar-refractivity contribution in [2.75, 3.05) is 44.4 Å². The Labute approximate surface area is 167 Å². The number of ether oxygens (including phenoxy) is 3. The normalized spacial score (nSPS) is 21.4. The molecule has 154 valence electrons. The van der Waals surface area contributed by atoms with Gasteiger partial charge in [0.25, 0.3) is 0 Å². The third-order valence-corrected chi connectivity index (χ3v) is 4.95. The highest BCUT2D eigenvalue weighted by Crippen LogP contribution is 2.38. The minimum absolute atomic E-state index is 0.0925. The molecule has 29 heavy (non-hydrogen) atoms. The van der Waals surface area contributed by atoms with Gasteiger partial charge in [0.2, 0.25) is 11.8 Å². The molecule has 0 amide bonds. The fourth-order valence-electron chi connectivity index (χ4n) is 3.69. The molecule has 4 rings (SSSR count). The Kier molecular flexibility index (Phi) is 5.12. The molecule has 2 aliphatic rings. The summed E-state index contributed by atoms with van der Waals surface area (Å²) < 4.78 is 17.2. The molecule has 2 aliphatic heterocycles. The second kappa shape index (κ2) is 7.72. The van der Waals surface area contributed by atoms with Crippen LogP contribution in [-0.2, 0) is 22.5 Å². The summed E-state index contributed by atoms with van der Waals surface area (Å²) in [7, 11) is 0. The van der Waals surface area contributed by atoms with Crippen molar-refractivity contribution < 1.29 is 24.1 Å². The number of hydrogen-bond donors (Lipinski definition) is 3. The van der Waals surface area contributed by atoms with E-state index in [0.717, 1.165) is 17.7 Å². The first-order chi connectivity index (χ1) is 13.9. The second-order valence-corrected chi connectivity index (χ2v) is 7.30. The lowest BCUT2D eigenvalue weighted by molar-refractivity contribution is -0.139. The van der Waals surface area contributed by atoms with E-state index in [0.29, 0.717) is 50.2 Å². The van der Waals surface area contributed by atoms with E-state index in [4.69, 9.17) is 30.8 Å². The topological polar surface area (TPSA) is 146 Å². The first-order valence-electron chi connectivity index (χ1n) is 9.27. The summed E-state index contributed by atoms with van der Waals surface area (Å²) in [5.41, 5.74) is 13.0. The number of anilines is 2. The highest BCUT2D eigenvalue weighted by molar-refractivity contribution is 5.68. The Hall–Kier alpha value is -3.11. The number of fused-ring (bicyclic) bond motifs is 1. The van der Waals surface area contributed by atoms with E-state index in [-0.39, 0.29) is 12.6 Å². The molecule has 1 saturated heterocycles. The van der Waals surface area contributed by atoms with Gasteiger partial charge in [-0.3, -0.25) is 4.90 Å². The van der Waals surface area contributed by atoms with E-state index in [1.54, 1.807) is 12.1 Å². The summed E-state index contributed by atoms with van der Waals surface area (Å²) in [6, 6.07) is 7.38. The fourth-order valence-corrected chi connectivity index (χ4v) is 3.69. The standard InChI is InChI=1S/C19H23N5O5/c20-16-14-7-19(29-17(14)23-18(21)22-16)10-24(5-6-27-11-19)8-12-1-3-13(4-2-12)28-9-15(25)26/h1-4H,5-11H2,(H,25,26)(H4,20,21,22,23). The zero-order valence-corrected chi connectivity index (χ0v) is 15.8. The van der Waals surface area contributed by atoms with Crippen LogP contribution < -0.4 is 20.9 Å². The summed E-state index contributed by atoms with van der Waals surface area (Å²) in [5.74, 6) is 0.383. The van der Waals surface area contributed by atoms with Crippen molar-refractivity contribution in [1.29, 1.82) is 0 Å². The van der Waals surface area contributed by atoms with Gasteiger partial charge in [0.05, 0.1) is 18.8 Å². The van der Waals surface area contributed by atoms with Gasteiger partial charge in [0.1, 0.15) is 11.6 Å². The molecule has 0 aliphatic carbocycles. The number of aromatic nitrogens is 2. The lowest BCUT2D eigenvalue weighted by Gasteiger charge is -2.31. The lowest BCUT2D eigenvalue weighted by Crippen LogP contribution is -2.48. The van der Waals surface area contributed by atoms with Gasteiger partial charge < -0.3 is 30.8 Å². The zero-order valence-electron chi connectivity index (χ0n) is 15.8. The van der Waals surface area contributed by atoms with Gasteiger partial charge in [-0.2, -0.15) is 9.97 Å². The van der Waals surface area contributed by atoms with Crippen LogP contribution in [0.2, 0.25) is 0 Å². The van der Waals surface area contributed by atoms with Crippen LogP contribution in [-0.4, -0.2) is 64.5 Å². The minimum atomic E-state index is -1.01. The third kappa shape index (κ3) is 4.33. The van der Waals surface area contributed by atoms with Crippen LogP contribution in [0.25, 0.3) is 0 Å². The molecule has 0 bridgehead atoms. The molecule has 1 fully saturated rings. The van der Waals surface area contributed by atoms with Crippen molar-refractivity contribution in [2.24, 2.45) is 0 Å². The van der Waals surface area contributed by atoms with Crippen molar-refractivity contribution in [3.05, 3.63) is 35.4 Å². The zero-order chi connectivity index (χ0) is 20.4. The quantitative estimate of drug-likeness (QED) is 0.639. The minimum Gasteiger partial charge on any atom is -0.482 e. The first kappa shape index (κ1) is 19.2. The van der Waals surface area contributed by atoms with Gasteiger partial charge in [0, 0.05) is 26.1 Å². The van der Waals surface area contributed by atoms with Crippen LogP contribution in [0.4, 0.5) is 11.8 Å².